The Bertz CT molecular complexity index is 499. The molecule has 1 amide bonds. The molecule has 0 bridgehead atoms. The van der Waals surface area contributed by atoms with E-state index >= 15 is 0 Å². The van der Waals surface area contributed by atoms with Gasteiger partial charge >= 0.3 is 0 Å². The van der Waals surface area contributed by atoms with Crippen molar-refractivity contribution in [2.75, 3.05) is 39.3 Å². The van der Waals surface area contributed by atoms with Gasteiger partial charge in [0.25, 0.3) is 0 Å². The number of aryl methyl sites for hydroxylation is 1. The number of hydrogen-bond acceptors (Lipinski definition) is 5. The van der Waals surface area contributed by atoms with E-state index in [2.05, 4.69) is 15.0 Å². The number of rotatable bonds is 6. The van der Waals surface area contributed by atoms with Gasteiger partial charge in [0.2, 0.25) is 5.91 Å². The van der Waals surface area contributed by atoms with Gasteiger partial charge in [-0.2, -0.15) is 5.10 Å². The lowest BCUT2D eigenvalue weighted by Gasteiger charge is -2.26. The Morgan fingerprint density at radius 2 is 1.88 bits per heavy atom. The van der Waals surface area contributed by atoms with E-state index in [0.717, 1.165) is 26.2 Å². The summed E-state index contributed by atoms with van der Waals surface area (Å²) in [6, 6.07) is 0. The highest BCUT2D eigenvalue weighted by Crippen LogP contribution is 2.25. The lowest BCUT2D eigenvalue weighted by molar-refractivity contribution is -0.130. The molecule has 1 N–H and O–H groups in total. The van der Waals surface area contributed by atoms with Crippen molar-refractivity contribution >= 4 is 5.91 Å². The lowest BCUT2D eigenvalue weighted by Crippen LogP contribution is -2.35. The number of aromatic nitrogens is 3. The molecule has 0 aromatic carbocycles. The number of nitrogens with zero attached hydrogens (tertiary/aromatic N) is 5. The largest absolute Gasteiger partial charge is 0.396 e. The van der Waals surface area contributed by atoms with Crippen molar-refractivity contribution < 1.29 is 9.90 Å². The van der Waals surface area contributed by atoms with Crippen molar-refractivity contribution in [1.82, 2.24) is 24.6 Å². The summed E-state index contributed by atoms with van der Waals surface area (Å²) in [6.45, 7) is 5.53. The summed E-state index contributed by atoms with van der Waals surface area (Å²) in [7, 11) is 0. The van der Waals surface area contributed by atoms with Crippen LogP contribution in [0.5, 0.6) is 0 Å². The Morgan fingerprint density at radius 3 is 2.54 bits per heavy atom. The first kappa shape index (κ1) is 17.4. The smallest absolute Gasteiger partial charge is 0.224 e. The summed E-state index contributed by atoms with van der Waals surface area (Å²) in [6.07, 6.45) is 8.77. The summed E-state index contributed by atoms with van der Waals surface area (Å²) < 4.78 is 1.69. The Labute approximate surface area is 143 Å². The van der Waals surface area contributed by atoms with Crippen molar-refractivity contribution in [2.45, 2.75) is 38.6 Å². The number of likely N-dealkylation sites (tertiary alicyclic amines) is 2. The lowest BCUT2D eigenvalue weighted by atomic mass is 9.96. The second kappa shape index (κ2) is 8.58. The maximum atomic E-state index is 12.5. The molecular formula is C17H29N5O2. The molecule has 2 fully saturated rings. The summed E-state index contributed by atoms with van der Waals surface area (Å²) in [5, 5.41) is 13.8. The minimum absolute atomic E-state index is 0.155. The number of carbonyl (C=O) groups is 1. The normalized spacial score (nSPS) is 25.8. The predicted molar refractivity (Wildman–Crippen MR) is 90.2 cm³/mol. The van der Waals surface area contributed by atoms with Gasteiger partial charge in [-0.25, -0.2) is 4.98 Å². The Morgan fingerprint density at radius 1 is 1.12 bits per heavy atom. The number of aliphatic hydroxyl groups is 1. The average molecular weight is 335 g/mol. The molecule has 1 aromatic rings. The van der Waals surface area contributed by atoms with Gasteiger partial charge in [0, 0.05) is 38.6 Å². The molecule has 134 valence electrons. The topological polar surface area (TPSA) is 74.5 Å². The van der Waals surface area contributed by atoms with Crippen LogP contribution in [0.15, 0.2) is 12.7 Å². The molecule has 0 saturated carbocycles. The van der Waals surface area contributed by atoms with Crippen LogP contribution in [0.1, 0.15) is 32.1 Å². The van der Waals surface area contributed by atoms with E-state index in [9.17, 15) is 9.90 Å². The van der Waals surface area contributed by atoms with E-state index in [4.69, 9.17) is 0 Å². The molecule has 0 spiro atoms. The predicted octanol–water partition coefficient (Wildman–Crippen LogP) is 0.611. The molecule has 7 nitrogen and oxygen atoms in total. The van der Waals surface area contributed by atoms with Crippen molar-refractivity contribution in [1.29, 1.82) is 0 Å². The quantitative estimate of drug-likeness (QED) is 0.824. The molecule has 0 radical (unpaired) electrons. The second-order valence-electron chi connectivity index (χ2n) is 7.12. The number of amides is 1. The van der Waals surface area contributed by atoms with E-state index in [0.29, 0.717) is 25.4 Å². The van der Waals surface area contributed by atoms with Crippen LogP contribution in [0.25, 0.3) is 0 Å². The minimum Gasteiger partial charge on any atom is -0.396 e. The third-order valence-electron chi connectivity index (χ3n) is 5.38. The highest BCUT2D eigenvalue weighted by atomic mass is 16.3. The zero-order valence-electron chi connectivity index (χ0n) is 14.4. The van der Waals surface area contributed by atoms with Crippen molar-refractivity contribution in [3.63, 3.8) is 0 Å². The standard InChI is InChI=1S/C17H29N5O2/c23-12-16-11-21(17(24)5-8-22-14-18-13-19-22)10-15(16)9-20-6-3-1-2-4-7-20/h13-16,23H,1-12H2/t15-,16-/m1/s1. The van der Waals surface area contributed by atoms with Gasteiger partial charge in [0.05, 0.1) is 6.54 Å². The molecule has 0 aliphatic carbocycles. The number of carbonyl (C=O) groups excluding carboxylic acids is 1. The Hall–Kier alpha value is -1.47. The van der Waals surface area contributed by atoms with E-state index in [1.54, 1.807) is 11.0 Å². The molecule has 24 heavy (non-hydrogen) atoms. The number of aliphatic hydroxyl groups excluding tert-OH is 1. The summed E-state index contributed by atoms with van der Waals surface area (Å²) in [4.78, 5) is 20.8. The van der Waals surface area contributed by atoms with Crippen LogP contribution >= 0.6 is 0 Å². The zero-order chi connectivity index (χ0) is 16.8. The van der Waals surface area contributed by atoms with Crippen LogP contribution in [-0.4, -0.2) is 74.9 Å². The van der Waals surface area contributed by atoms with E-state index in [-0.39, 0.29) is 18.4 Å². The third-order valence-corrected chi connectivity index (χ3v) is 5.38. The number of hydrogen-bond donors (Lipinski definition) is 1. The molecule has 7 heteroatoms. The fraction of sp³-hybridized carbons (Fsp3) is 0.824. The van der Waals surface area contributed by atoms with E-state index < -0.39 is 0 Å². The molecule has 3 rings (SSSR count). The molecular weight excluding hydrogens is 306 g/mol. The molecule has 2 atom stereocenters. The molecule has 2 aliphatic heterocycles. The van der Waals surface area contributed by atoms with Crippen LogP contribution < -0.4 is 0 Å². The SMILES string of the molecule is O=C(CCn1cncn1)N1C[C@@H](CN2CCCCCC2)[C@@H](CO)C1. The first-order chi connectivity index (χ1) is 11.8. The van der Waals surface area contributed by atoms with Crippen LogP contribution in [0, 0.1) is 11.8 Å². The Kier molecular flexibility index (Phi) is 6.20. The van der Waals surface area contributed by atoms with Crippen molar-refractivity contribution in [2.24, 2.45) is 11.8 Å². The summed E-state index contributed by atoms with van der Waals surface area (Å²) in [5.41, 5.74) is 0. The monoisotopic (exact) mass is 335 g/mol. The molecule has 3 heterocycles. The maximum Gasteiger partial charge on any atom is 0.224 e. The fourth-order valence-corrected chi connectivity index (χ4v) is 3.92. The molecule has 2 saturated heterocycles. The molecule has 0 unspecified atom stereocenters. The first-order valence-electron chi connectivity index (χ1n) is 9.19. The van der Waals surface area contributed by atoms with Crippen molar-refractivity contribution in [3.05, 3.63) is 12.7 Å². The van der Waals surface area contributed by atoms with Crippen LogP contribution in [-0.2, 0) is 11.3 Å². The molecule has 1 aromatic heterocycles. The molecule has 2 aliphatic rings. The average Bonchev–Trinajstić information content (AvgIpc) is 3.18. The highest BCUT2D eigenvalue weighted by Gasteiger charge is 2.35. The maximum absolute atomic E-state index is 12.5. The summed E-state index contributed by atoms with van der Waals surface area (Å²) >= 11 is 0. The summed E-state index contributed by atoms with van der Waals surface area (Å²) in [5.74, 6) is 0.759. The zero-order valence-corrected chi connectivity index (χ0v) is 14.4. The van der Waals surface area contributed by atoms with Gasteiger partial charge in [-0.15, -0.1) is 0 Å². The van der Waals surface area contributed by atoms with Gasteiger partial charge in [-0.1, -0.05) is 12.8 Å². The van der Waals surface area contributed by atoms with Gasteiger partial charge in [0.1, 0.15) is 12.7 Å². The minimum atomic E-state index is 0.155. The van der Waals surface area contributed by atoms with Gasteiger partial charge in [-0.3, -0.25) is 9.48 Å². The van der Waals surface area contributed by atoms with Gasteiger partial charge < -0.3 is 14.9 Å². The third kappa shape index (κ3) is 4.54. The van der Waals surface area contributed by atoms with Crippen LogP contribution in [0.3, 0.4) is 0 Å². The van der Waals surface area contributed by atoms with Gasteiger partial charge in [0.15, 0.2) is 0 Å². The first-order valence-corrected chi connectivity index (χ1v) is 9.19. The fourth-order valence-electron chi connectivity index (χ4n) is 3.92. The Balaban J connectivity index is 1.50. The van der Waals surface area contributed by atoms with Crippen LogP contribution in [0.4, 0.5) is 0 Å². The van der Waals surface area contributed by atoms with E-state index in [1.807, 2.05) is 4.90 Å². The van der Waals surface area contributed by atoms with E-state index in [1.165, 1.54) is 32.0 Å². The van der Waals surface area contributed by atoms with Crippen LogP contribution in [0.2, 0.25) is 0 Å². The van der Waals surface area contributed by atoms with Crippen molar-refractivity contribution in [3.8, 4) is 0 Å². The highest BCUT2D eigenvalue weighted by molar-refractivity contribution is 5.76. The van der Waals surface area contributed by atoms with Gasteiger partial charge in [-0.05, 0) is 31.8 Å². The second-order valence-corrected chi connectivity index (χ2v) is 7.12.